The van der Waals surface area contributed by atoms with Crippen molar-refractivity contribution in [3.05, 3.63) is 48.5 Å². The van der Waals surface area contributed by atoms with Crippen LogP contribution in [0, 0.1) is 5.92 Å². The average Bonchev–Trinajstić information content (AvgIpc) is 3.24. The van der Waals surface area contributed by atoms with E-state index in [1.165, 1.54) is 0 Å². The molecule has 0 bridgehead atoms. The van der Waals surface area contributed by atoms with E-state index in [9.17, 15) is 23.5 Å². The molecule has 0 heterocycles. The number of carbonyl (C=O) groups is 2. The van der Waals surface area contributed by atoms with E-state index in [1.807, 2.05) is 0 Å². The van der Waals surface area contributed by atoms with Crippen LogP contribution < -0.4 is 14.4 Å². The van der Waals surface area contributed by atoms with Gasteiger partial charge in [0.05, 0.1) is 0 Å². The number of hydrogen-bond donors (Lipinski definition) is 2. The van der Waals surface area contributed by atoms with E-state index in [2.05, 4.69) is 5.32 Å². The van der Waals surface area contributed by atoms with Gasteiger partial charge in [-0.2, -0.15) is 0 Å². The fourth-order valence-corrected chi connectivity index (χ4v) is 4.70. The maximum atomic E-state index is 12.0. The van der Waals surface area contributed by atoms with Crippen LogP contribution in [0.1, 0.15) is 39.5 Å². The largest absolute Gasteiger partial charge is 0.755 e. The monoisotopic (exact) mass is 459 g/mol. The third-order valence-electron chi connectivity index (χ3n) is 5.49. The highest BCUT2D eigenvalue weighted by atomic mass is 32.2. The molecular formula is C23H27N2O6S-. The normalized spacial score (nSPS) is 15.9. The van der Waals surface area contributed by atoms with Gasteiger partial charge in [0.15, 0.2) is 0 Å². The standard InChI is InChI=1S/C23H28N2O6S/c1-15(2)21(22(26)27)25(32(29)30)19-11-7-16(8-12-19)17-9-13-20(14-10-17)31-23(28)24-18-5-3-4-6-18/h7-15,18,21H,3-6H2,1-2H3,(H,24,28)(H,26,27)(H,29,30)/p-1. The Kier molecular flexibility index (Phi) is 7.87. The van der Waals surface area contributed by atoms with Crippen molar-refractivity contribution in [2.24, 2.45) is 5.92 Å². The minimum Gasteiger partial charge on any atom is -0.755 e. The molecule has 1 aliphatic rings. The smallest absolute Gasteiger partial charge is 0.412 e. The van der Waals surface area contributed by atoms with Gasteiger partial charge in [0.25, 0.3) is 0 Å². The molecule has 1 fully saturated rings. The van der Waals surface area contributed by atoms with Crippen molar-refractivity contribution in [1.29, 1.82) is 0 Å². The summed E-state index contributed by atoms with van der Waals surface area (Å²) in [6.45, 7) is 3.31. The topological polar surface area (TPSA) is 119 Å². The highest BCUT2D eigenvalue weighted by Gasteiger charge is 2.30. The summed E-state index contributed by atoms with van der Waals surface area (Å²) in [5, 5.41) is 12.3. The number of rotatable bonds is 8. The lowest BCUT2D eigenvalue weighted by molar-refractivity contribution is -0.139. The van der Waals surface area contributed by atoms with Crippen LogP contribution in [0.4, 0.5) is 10.5 Å². The third kappa shape index (κ3) is 5.86. The van der Waals surface area contributed by atoms with Crippen LogP contribution in [0.5, 0.6) is 5.75 Å². The highest BCUT2D eigenvalue weighted by Crippen LogP contribution is 2.28. The Hall–Kier alpha value is -2.91. The van der Waals surface area contributed by atoms with Gasteiger partial charge in [0.2, 0.25) is 0 Å². The van der Waals surface area contributed by atoms with Gasteiger partial charge in [0, 0.05) is 23.0 Å². The summed E-state index contributed by atoms with van der Waals surface area (Å²) in [5.41, 5.74) is 1.92. The summed E-state index contributed by atoms with van der Waals surface area (Å²) in [5.74, 6) is -1.20. The lowest BCUT2D eigenvalue weighted by atomic mass is 10.0. The molecule has 2 atom stereocenters. The van der Waals surface area contributed by atoms with Crippen molar-refractivity contribution in [1.82, 2.24) is 5.32 Å². The minimum atomic E-state index is -2.74. The van der Waals surface area contributed by atoms with Crippen LogP contribution in [0.2, 0.25) is 0 Å². The quantitative estimate of drug-likeness (QED) is 0.574. The molecule has 2 aromatic carbocycles. The molecule has 2 aromatic rings. The van der Waals surface area contributed by atoms with Gasteiger partial charge in [-0.15, -0.1) is 0 Å². The van der Waals surface area contributed by atoms with Crippen LogP contribution in [0.25, 0.3) is 11.1 Å². The Morgan fingerprint density at radius 3 is 2.06 bits per heavy atom. The number of aliphatic carboxylic acids is 1. The maximum absolute atomic E-state index is 12.0. The maximum Gasteiger partial charge on any atom is 0.412 e. The van der Waals surface area contributed by atoms with E-state index in [0.717, 1.165) is 41.1 Å². The third-order valence-corrected chi connectivity index (χ3v) is 6.25. The first-order valence-electron chi connectivity index (χ1n) is 10.6. The molecule has 8 nitrogen and oxygen atoms in total. The molecule has 0 aliphatic heterocycles. The van der Waals surface area contributed by atoms with Crippen LogP contribution in [0.15, 0.2) is 48.5 Å². The van der Waals surface area contributed by atoms with Gasteiger partial charge in [-0.25, -0.2) is 9.59 Å². The lowest BCUT2D eigenvalue weighted by Crippen LogP contribution is -2.45. The summed E-state index contributed by atoms with van der Waals surface area (Å²) in [6.07, 6.45) is 3.74. The molecule has 3 rings (SSSR count). The molecule has 0 radical (unpaired) electrons. The first-order valence-corrected chi connectivity index (χ1v) is 11.6. The second-order valence-corrected chi connectivity index (χ2v) is 8.98. The molecule has 0 aromatic heterocycles. The molecule has 9 heteroatoms. The number of ether oxygens (including phenoxy) is 1. The zero-order chi connectivity index (χ0) is 23.3. The summed E-state index contributed by atoms with van der Waals surface area (Å²) < 4.78 is 29.7. The average molecular weight is 460 g/mol. The van der Waals surface area contributed by atoms with Crippen molar-refractivity contribution >= 4 is 29.0 Å². The predicted octanol–water partition coefficient (Wildman–Crippen LogP) is 4.09. The molecule has 32 heavy (non-hydrogen) atoms. The van der Waals surface area contributed by atoms with Gasteiger partial charge >= 0.3 is 12.1 Å². The van der Waals surface area contributed by atoms with Gasteiger partial charge in [-0.3, -0.25) is 8.51 Å². The Balaban J connectivity index is 1.70. The van der Waals surface area contributed by atoms with Gasteiger partial charge in [0.1, 0.15) is 11.8 Å². The van der Waals surface area contributed by atoms with Crippen LogP contribution in [-0.2, 0) is 16.1 Å². The number of anilines is 1. The summed E-state index contributed by atoms with van der Waals surface area (Å²) in [4.78, 5) is 23.6. The van der Waals surface area contributed by atoms with Crippen molar-refractivity contribution < 1.29 is 28.2 Å². The number of carboxylic acids is 1. The molecule has 0 spiro atoms. The minimum absolute atomic E-state index is 0.180. The number of carboxylic acid groups (broad SMARTS) is 1. The zero-order valence-corrected chi connectivity index (χ0v) is 18.8. The second kappa shape index (κ2) is 10.6. The first-order chi connectivity index (χ1) is 15.3. The van der Waals surface area contributed by atoms with E-state index >= 15 is 0 Å². The SMILES string of the molecule is CC(C)C(C(=O)O)N(c1ccc(-c2ccc(OC(=O)NC3CCCC3)cc2)cc1)S(=O)[O-]. The Bertz CT molecular complexity index is 955. The van der Waals surface area contributed by atoms with Crippen molar-refractivity contribution in [3.8, 4) is 16.9 Å². The second-order valence-electron chi connectivity index (χ2n) is 8.16. The molecule has 1 amide bonds. The first kappa shape index (κ1) is 23.7. The fraction of sp³-hybridized carbons (Fsp3) is 0.391. The van der Waals surface area contributed by atoms with E-state index in [4.69, 9.17) is 4.74 Å². The molecule has 172 valence electrons. The van der Waals surface area contributed by atoms with Crippen molar-refractivity contribution in [3.63, 3.8) is 0 Å². The van der Waals surface area contributed by atoms with E-state index in [0.29, 0.717) is 5.75 Å². The molecule has 2 unspecified atom stereocenters. The number of carbonyl (C=O) groups excluding carboxylic acids is 1. The molecule has 2 N–H and O–H groups in total. The molecule has 1 aliphatic carbocycles. The van der Waals surface area contributed by atoms with E-state index < -0.39 is 35.3 Å². The predicted molar refractivity (Wildman–Crippen MR) is 121 cm³/mol. The highest BCUT2D eigenvalue weighted by molar-refractivity contribution is 7.80. The van der Waals surface area contributed by atoms with Crippen LogP contribution in [-0.4, -0.2) is 38.0 Å². The molecule has 0 saturated heterocycles. The molecule has 1 saturated carbocycles. The number of benzene rings is 2. The lowest BCUT2D eigenvalue weighted by Gasteiger charge is -2.34. The van der Waals surface area contributed by atoms with Crippen molar-refractivity contribution in [2.75, 3.05) is 4.31 Å². The summed E-state index contributed by atoms with van der Waals surface area (Å²) >= 11 is -2.74. The van der Waals surface area contributed by atoms with E-state index in [1.54, 1.807) is 62.4 Å². The number of amides is 1. The summed E-state index contributed by atoms with van der Waals surface area (Å²) in [7, 11) is 0. The van der Waals surface area contributed by atoms with E-state index in [-0.39, 0.29) is 11.7 Å². The van der Waals surface area contributed by atoms with Crippen LogP contribution >= 0.6 is 0 Å². The van der Waals surface area contributed by atoms with Gasteiger partial charge in [-0.1, -0.05) is 51.0 Å². The van der Waals surface area contributed by atoms with Gasteiger partial charge < -0.3 is 19.7 Å². The number of nitrogens with zero attached hydrogens (tertiary/aromatic N) is 1. The van der Waals surface area contributed by atoms with Crippen LogP contribution in [0.3, 0.4) is 0 Å². The molecular weight excluding hydrogens is 432 g/mol. The fourth-order valence-electron chi connectivity index (χ4n) is 3.89. The number of nitrogens with one attached hydrogen (secondary N) is 1. The Morgan fingerprint density at radius 2 is 1.59 bits per heavy atom. The zero-order valence-electron chi connectivity index (χ0n) is 18.0. The Morgan fingerprint density at radius 1 is 1.06 bits per heavy atom. The Labute approximate surface area is 190 Å². The van der Waals surface area contributed by atoms with Gasteiger partial charge in [-0.05, 0) is 54.2 Å². The number of hydrogen-bond acceptors (Lipinski definition) is 5. The summed E-state index contributed by atoms with van der Waals surface area (Å²) in [6, 6.07) is 12.5. The van der Waals surface area contributed by atoms with Crippen molar-refractivity contribution in [2.45, 2.75) is 51.6 Å².